The van der Waals surface area contributed by atoms with Crippen molar-refractivity contribution in [3.05, 3.63) is 78.0 Å². The Kier molecular flexibility index (Phi) is 4.65. The van der Waals surface area contributed by atoms with Gasteiger partial charge in [-0.25, -0.2) is 18.5 Å². The number of carbonyl (C=O) groups excluding carboxylic acids is 1. The average molecular weight is 410 g/mol. The monoisotopic (exact) mass is 410 g/mol. The van der Waals surface area contributed by atoms with Crippen LogP contribution >= 0.6 is 0 Å². The van der Waals surface area contributed by atoms with E-state index < -0.39 is 15.9 Å². The van der Waals surface area contributed by atoms with E-state index in [9.17, 15) is 13.2 Å². The molecule has 0 unspecified atom stereocenters. The van der Waals surface area contributed by atoms with Crippen LogP contribution in [0.25, 0.3) is 5.65 Å². The first-order valence-corrected chi connectivity index (χ1v) is 10.2. The number of primary sulfonamides is 1. The van der Waals surface area contributed by atoms with Crippen LogP contribution in [0.4, 0.5) is 5.69 Å². The van der Waals surface area contributed by atoms with Crippen LogP contribution in [0.15, 0.2) is 66.1 Å². The second-order valence-electron chi connectivity index (χ2n) is 6.60. The number of benzene rings is 1. The van der Waals surface area contributed by atoms with Crippen molar-refractivity contribution < 1.29 is 13.2 Å². The molecule has 0 saturated carbocycles. The third-order valence-corrected chi connectivity index (χ3v) is 5.32. The van der Waals surface area contributed by atoms with E-state index in [1.54, 1.807) is 23.9 Å². The number of anilines is 1. The van der Waals surface area contributed by atoms with Gasteiger partial charge < -0.3 is 9.72 Å². The van der Waals surface area contributed by atoms with Crippen molar-refractivity contribution in [2.45, 2.75) is 18.4 Å². The summed E-state index contributed by atoms with van der Waals surface area (Å²) in [7, 11) is -3.90. The molecule has 1 aromatic carbocycles. The number of amides is 1. The summed E-state index contributed by atoms with van der Waals surface area (Å²) in [6.45, 7) is 2.16. The number of aryl methyl sites for hydroxylation is 1. The molecule has 0 saturated heterocycles. The largest absolute Gasteiger partial charge is 0.319 e. The van der Waals surface area contributed by atoms with Gasteiger partial charge in [0.05, 0.1) is 29.0 Å². The molecule has 3 aromatic heterocycles. The maximum Gasteiger partial charge on any atom is 0.256 e. The smallest absolute Gasteiger partial charge is 0.256 e. The Morgan fingerprint density at radius 2 is 2.03 bits per heavy atom. The van der Waals surface area contributed by atoms with Crippen LogP contribution < -0.4 is 10.5 Å². The summed E-state index contributed by atoms with van der Waals surface area (Å²) in [6, 6.07) is 9.93. The fraction of sp³-hybridized carbons (Fsp3) is 0.105. The first-order valence-electron chi connectivity index (χ1n) is 8.69. The molecular formula is C19H18N6O3S. The van der Waals surface area contributed by atoms with Gasteiger partial charge in [-0.2, -0.15) is 5.10 Å². The number of aromatic nitrogens is 4. The highest BCUT2D eigenvalue weighted by Crippen LogP contribution is 2.17. The molecule has 1 amide bonds. The lowest BCUT2D eigenvalue weighted by Crippen LogP contribution is -2.16. The van der Waals surface area contributed by atoms with Crippen LogP contribution in [-0.4, -0.2) is 33.5 Å². The first kappa shape index (κ1) is 18.8. The van der Waals surface area contributed by atoms with Crippen molar-refractivity contribution in [2.24, 2.45) is 5.14 Å². The number of nitrogens with two attached hydrogens (primary N) is 1. The van der Waals surface area contributed by atoms with Gasteiger partial charge in [-0.05, 0) is 36.8 Å². The van der Waals surface area contributed by atoms with Crippen LogP contribution in [0.1, 0.15) is 21.6 Å². The summed E-state index contributed by atoms with van der Waals surface area (Å²) in [5.41, 5.74) is 3.01. The van der Waals surface area contributed by atoms with E-state index in [1.165, 1.54) is 18.3 Å². The lowest BCUT2D eigenvalue weighted by atomic mass is 10.1. The number of imidazole rings is 1. The van der Waals surface area contributed by atoms with E-state index in [2.05, 4.69) is 15.4 Å². The van der Waals surface area contributed by atoms with E-state index >= 15 is 0 Å². The Hall–Kier alpha value is -3.50. The molecule has 10 heteroatoms. The van der Waals surface area contributed by atoms with Crippen molar-refractivity contribution in [3.63, 3.8) is 0 Å². The average Bonchev–Trinajstić information content (AvgIpc) is 3.27. The van der Waals surface area contributed by atoms with Crippen LogP contribution in [0.5, 0.6) is 0 Å². The number of carbonyl (C=O) groups is 1. The summed E-state index contributed by atoms with van der Waals surface area (Å²) >= 11 is 0. The molecule has 4 aromatic rings. The number of nitrogens with zero attached hydrogens (tertiary/aromatic N) is 4. The van der Waals surface area contributed by atoms with Crippen molar-refractivity contribution in [3.8, 4) is 0 Å². The number of nitrogens with one attached hydrogen (secondary N) is 1. The Morgan fingerprint density at radius 1 is 1.21 bits per heavy atom. The van der Waals surface area contributed by atoms with Crippen LogP contribution in [0, 0.1) is 6.92 Å². The molecule has 4 rings (SSSR count). The predicted octanol–water partition coefficient (Wildman–Crippen LogP) is 1.79. The van der Waals surface area contributed by atoms with Gasteiger partial charge in [0, 0.05) is 24.2 Å². The molecule has 3 heterocycles. The maximum atomic E-state index is 12.6. The molecule has 3 N–H and O–H groups in total. The Bertz CT molecular complexity index is 1290. The quantitative estimate of drug-likeness (QED) is 0.519. The van der Waals surface area contributed by atoms with E-state index in [4.69, 9.17) is 5.14 Å². The molecule has 0 radical (unpaired) electrons. The minimum atomic E-state index is -3.90. The van der Waals surface area contributed by atoms with Crippen molar-refractivity contribution in [1.29, 1.82) is 0 Å². The summed E-state index contributed by atoms with van der Waals surface area (Å²) < 4.78 is 26.7. The highest BCUT2D eigenvalue weighted by molar-refractivity contribution is 7.89. The van der Waals surface area contributed by atoms with Gasteiger partial charge >= 0.3 is 0 Å². The van der Waals surface area contributed by atoms with E-state index in [-0.39, 0.29) is 10.5 Å². The summed E-state index contributed by atoms with van der Waals surface area (Å²) in [5.74, 6) is -0.444. The molecule has 0 aliphatic carbocycles. The summed E-state index contributed by atoms with van der Waals surface area (Å²) in [4.78, 5) is 17.0. The van der Waals surface area contributed by atoms with Gasteiger partial charge in [-0.1, -0.05) is 12.1 Å². The Morgan fingerprint density at radius 3 is 2.79 bits per heavy atom. The highest BCUT2D eigenvalue weighted by atomic mass is 32.2. The van der Waals surface area contributed by atoms with Gasteiger partial charge in [-0.3, -0.25) is 9.48 Å². The number of hydrogen-bond acceptors (Lipinski definition) is 5. The topological polar surface area (TPSA) is 124 Å². The third kappa shape index (κ3) is 4.03. The van der Waals surface area contributed by atoms with Crippen molar-refractivity contribution >= 4 is 27.3 Å². The van der Waals surface area contributed by atoms with E-state index in [0.29, 0.717) is 17.8 Å². The molecule has 0 atom stereocenters. The molecule has 0 aliphatic rings. The number of fused-ring (bicyclic) bond motifs is 1. The number of sulfonamides is 1. The normalized spacial score (nSPS) is 11.7. The second-order valence-corrected chi connectivity index (χ2v) is 8.16. The molecule has 0 fully saturated rings. The zero-order chi connectivity index (χ0) is 20.6. The molecule has 0 aliphatic heterocycles. The lowest BCUT2D eigenvalue weighted by molar-refractivity contribution is 0.102. The Balaban J connectivity index is 1.51. The number of pyridine rings is 1. The zero-order valence-electron chi connectivity index (χ0n) is 15.5. The SMILES string of the molecule is Cc1ccc(S(N)(=O)=O)cc1C(=O)Nc1cnn(Cc2cn3ccccc3n2)c1. The first-order chi connectivity index (χ1) is 13.8. The lowest BCUT2D eigenvalue weighted by Gasteiger charge is -2.08. The standard InChI is InChI=1S/C19H18N6O3S/c1-13-5-6-16(29(20,27)28)8-17(13)19(26)23-14-9-21-25(11-14)12-15-10-24-7-3-2-4-18(24)22-15/h2-11H,12H2,1H3,(H,23,26)(H2,20,27,28). The van der Waals surface area contributed by atoms with Gasteiger partial charge in [0.15, 0.2) is 0 Å². The Labute approximate surface area is 166 Å². The van der Waals surface area contributed by atoms with Crippen molar-refractivity contribution in [1.82, 2.24) is 19.2 Å². The van der Waals surface area contributed by atoms with Crippen LogP contribution in [0.2, 0.25) is 0 Å². The maximum absolute atomic E-state index is 12.6. The summed E-state index contributed by atoms with van der Waals surface area (Å²) in [6.07, 6.45) is 7.03. The van der Waals surface area contributed by atoms with Gasteiger partial charge in [-0.15, -0.1) is 0 Å². The van der Waals surface area contributed by atoms with Gasteiger partial charge in [0.1, 0.15) is 5.65 Å². The minimum absolute atomic E-state index is 0.115. The van der Waals surface area contributed by atoms with Gasteiger partial charge in [0.2, 0.25) is 10.0 Å². The third-order valence-electron chi connectivity index (χ3n) is 4.41. The molecule has 29 heavy (non-hydrogen) atoms. The van der Waals surface area contributed by atoms with E-state index in [0.717, 1.165) is 11.3 Å². The molecule has 9 nitrogen and oxygen atoms in total. The minimum Gasteiger partial charge on any atom is -0.319 e. The number of rotatable bonds is 5. The fourth-order valence-corrected chi connectivity index (χ4v) is 3.50. The van der Waals surface area contributed by atoms with Crippen LogP contribution in [0.3, 0.4) is 0 Å². The molecule has 0 bridgehead atoms. The highest BCUT2D eigenvalue weighted by Gasteiger charge is 2.15. The van der Waals surface area contributed by atoms with Crippen molar-refractivity contribution in [2.75, 3.05) is 5.32 Å². The predicted molar refractivity (Wildman–Crippen MR) is 107 cm³/mol. The molecular weight excluding hydrogens is 392 g/mol. The zero-order valence-corrected chi connectivity index (χ0v) is 16.3. The molecule has 0 spiro atoms. The van der Waals surface area contributed by atoms with Crippen LogP contribution in [-0.2, 0) is 16.6 Å². The summed E-state index contributed by atoms with van der Waals surface area (Å²) in [5, 5.41) is 12.1. The fourth-order valence-electron chi connectivity index (χ4n) is 2.97. The second kappa shape index (κ2) is 7.15. The van der Waals surface area contributed by atoms with Gasteiger partial charge in [0.25, 0.3) is 5.91 Å². The number of hydrogen-bond donors (Lipinski definition) is 2. The molecule has 148 valence electrons. The van der Waals surface area contributed by atoms with E-state index in [1.807, 2.05) is 35.0 Å².